The van der Waals surface area contributed by atoms with E-state index in [1.807, 2.05) is 6.92 Å². The number of aromatic amines is 1. The number of rotatable bonds is 2. The number of hydrogen-bond donors (Lipinski definition) is 1. The van der Waals surface area contributed by atoms with E-state index in [9.17, 15) is 13.2 Å². The van der Waals surface area contributed by atoms with Crippen molar-refractivity contribution in [2.45, 2.75) is 13.3 Å². The number of nitrogens with zero attached hydrogens (tertiary/aromatic N) is 1. The molecule has 0 spiro atoms. The lowest BCUT2D eigenvalue weighted by Crippen LogP contribution is -2.00. The summed E-state index contributed by atoms with van der Waals surface area (Å²) < 4.78 is 40.1. The topological polar surface area (TPSA) is 28.7 Å². The molecule has 0 aliphatic carbocycles. The number of aromatic nitrogens is 2. The second-order valence-corrected chi connectivity index (χ2v) is 4.02. The molecule has 2 nitrogen and oxygen atoms in total. The molecule has 0 amide bonds. The highest BCUT2D eigenvalue weighted by atomic mass is 32.1. The molecule has 0 aliphatic rings. The fraction of sp³-hybridized carbons (Fsp3) is 0.167. The lowest BCUT2D eigenvalue weighted by Gasteiger charge is -2.09. The fourth-order valence-electron chi connectivity index (χ4n) is 1.71. The van der Waals surface area contributed by atoms with Gasteiger partial charge >= 0.3 is 0 Å². The Morgan fingerprint density at radius 1 is 1.22 bits per heavy atom. The minimum absolute atomic E-state index is 0.0562. The van der Waals surface area contributed by atoms with Crippen LogP contribution in [-0.2, 0) is 6.42 Å². The zero-order chi connectivity index (χ0) is 13.3. The average Bonchev–Trinajstić information content (AvgIpc) is 2.36. The molecule has 6 heteroatoms. The Balaban J connectivity index is 2.74. The second kappa shape index (κ2) is 4.89. The molecule has 1 aromatic heterocycles. The molecule has 0 bridgehead atoms. The largest absolute Gasteiger partial charge is 0.345 e. The fourth-order valence-corrected chi connectivity index (χ4v) is 2.01. The number of hydrogen-bond acceptors (Lipinski definition) is 2. The molecule has 1 aromatic carbocycles. The van der Waals surface area contributed by atoms with Gasteiger partial charge in [0.25, 0.3) is 0 Å². The van der Waals surface area contributed by atoms with E-state index >= 15 is 0 Å². The third kappa shape index (κ3) is 2.03. The molecule has 2 aromatic rings. The van der Waals surface area contributed by atoms with Crippen molar-refractivity contribution in [3.05, 3.63) is 46.1 Å². The van der Waals surface area contributed by atoms with Crippen LogP contribution in [0.5, 0.6) is 0 Å². The van der Waals surface area contributed by atoms with Crippen LogP contribution in [0, 0.1) is 22.1 Å². The molecule has 0 radical (unpaired) electrons. The molecule has 1 heterocycles. The molecule has 0 aliphatic heterocycles. The molecule has 18 heavy (non-hydrogen) atoms. The van der Waals surface area contributed by atoms with E-state index in [0.29, 0.717) is 22.3 Å². The second-order valence-electron chi connectivity index (χ2n) is 3.64. The minimum Gasteiger partial charge on any atom is -0.345 e. The highest BCUT2D eigenvalue weighted by molar-refractivity contribution is 7.71. The van der Waals surface area contributed by atoms with Gasteiger partial charge in [0.2, 0.25) is 0 Å². The molecular formula is C12H9F3N2S. The van der Waals surface area contributed by atoms with Crippen LogP contribution in [0.2, 0.25) is 0 Å². The molecule has 2 rings (SSSR count). The normalized spacial score (nSPS) is 10.7. The van der Waals surface area contributed by atoms with Crippen molar-refractivity contribution in [2.75, 3.05) is 0 Å². The average molecular weight is 270 g/mol. The zero-order valence-electron chi connectivity index (χ0n) is 9.43. The Morgan fingerprint density at radius 3 is 2.61 bits per heavy atom. The van der Waals surface area contributed by atoms with Crippen LogP contribution in [0.1, 0.15) is 12.5 Å². The van der Waals surface area contributed by atoms with Crippen LogP contribution in [0.15, 0.2) is 18.5 Å². The summed E-state index contributed by atoms with van der Waals surface area (Å²) in [6, 6.07) is 2.05. The van der Waals surface area contributed by atoms with E-state index in [1.54, 1.807) is 0 Å². The van der Waals surface area contributed by atoms with Crippen LogP contribution in [-0.4, -0.2) is 9.97 Å². The van der Waals surface area contributed by atoms with Crippen LogP contribution in [0.4, 0.5) is 13.2 Å². The van der Waals surface area contributed by atoms with Gasteiger partial charge in [0, 0.05) is 11.1 Å². The third-order valence-corrected chi connectivity index (χ3v) is 2.96. The van der Waals surface area contributed by atoms with E-state index in [1.165, 1.54) is 12.4 Å². The van der Waals surface area contributed by atoms with Gasteiger partial charge in [-0.1, -0.05) is 19.1 Å². The summed E-state index contributed by atoms with van der Waals surface area (Å²) >= 11 is 5.02. The summed E-state index contributed by atoms with van der Waals surface area (Å²) in [5.74, 6) is -3.95. The van der Waals surface area contributed by atoms with E-state index in [2.05, 4.69) is 9.97 Å². The van der Waals surface area contributed by atoms with E-state index in [0.717, 1.165) is 6.07 Å². The van der Waals surface area contributed by atoms with Gasteiger partial charge in [-0.3, -0.25) is 0 Å². The van der Waals surface area contributed by atoms with Gasteiger partial charge in [-0.25, -0.2) is 18.2 Å². The first-order valence-corrected chi connectivity index (χ1v) is 5.67. The van der Waals surface area contributed by atoms with Crippen molar-refractivity contribution in [3.63, 3.8) is 0 Å². The van der Waals surface area contributed by atoms with Gasteiger partial charge < -0.3 is 4.98 Å². The molecule has 1 N–H and O–H groups in total. The van der Waals surface area contributed by atoms with Crippen LogP contribution in [0.25, 0.3) is 11.3 Å². The summed E-state index contributed by atoms with van der Waals surface area (Å²) in [4.78, 5) is 6.60. The minimum atomic E-state index is -1.49. The summed E-state index contributed by atoms with van der Waals surface area (Å²) in [6.45, 7) is 1.82. The summed E-state index contributed by atoms with van der Waals surface area (Å²) in [5, 5.41) is 0. The Labute approximate surface area is 107 Å². The maximum atomic E-state index is 13.7. The summed E-state index contributed by atoms with van der Waals surface area (Å²) in [5.41, 5.74) is 0.866. The quantitative estimate of drug-likeness (QED) is 0.664. The molecule has 0 unspecified atom stereocenters. The van der Waals surface area contributed by atoms with Crippen molar-refractivity contribution in [1.82, 2.24) is 9.97 Å². The highest BCUT2D eigenvalue weighted by Crippen LogP contribution is 2.27. The van der Waals surface area contributed by atoms with Crippen LogP contribution in [0.3, 0.4) is 0 Å². The third-order valence-electron chi connectivity index (χ3n) is 2.61. The van der Waals surface area contributed by atoms with Gasteiger partial charge in [0.05, 0.1) is 12.0 Å². The maximum Gasteiger partial charge on any atom is 0.195 e. The number of halogens is 3. The molecule has 0 atom stereocenters. The van der Waals surface area contributed by atoms with Crippen LogP contribution < -0.4 is 0 Å². The van der Waals surface area contributed by atoms with E-state index < -0.39 is 17.5 Å². The number of nitrogens with one attached hydrogen (secondary N) is 1. The molecule has 0 fully saturated rings. The van der Waals surface area contributed by atoms with Crippen molar-refractivity contribution in [3.8, 4) is 11.3 Å². The number of H-pyrrole nitrogens is 1. The standard InChI is InChI=1S/C12H9F3N2S/c1-2-6-11(16-5-17-12(6)18)7-3-4-8(13)10(15)9(7)14/h3-5H,2H2,1H3,(H,16,17,18). The lowest BCUT2D eigenvalue weighted by atomic mass is 10.0. The Kier molecular flexibility index (Phi) is 3.47. The first kappa shape index (κ1) is 12.8. The monoisotopic (exact) mass is 270 g/mol. The van der Waals surface area contributed by atoms with Crippen molar-refractivity contribution >= 4 is 12.2 Å². The van der Waals surface area contributed by atoms with Gasteiger partial charge in [-0.2, -0.15) is 0 Å². The lowest BCUT2D eigenvalue weighted by molar-refractivity contribution is 0.448. The Hall–Kier alpha value is -1.69. The molecular weight excluding hydrogens is 261 g/mol. The Bertz CT molecular complexity index is 652. The molecule has 94 valence electrons. The predicted octanol–water partition coefficient (Wildman–Crippen LogP) is 3.79. The first-order chi connectivity index (χ1) is 8.56. The van der Waals surface area contributed by atoms with Crippen molar-refractivity contribution < 1.29 is 13.2 Å². The predicted molar refractivity (Wildman–Crippen MR) is 64.1 cm³/mol. The van der Waals surface area contributed by atoms with Gasteiger partial charge in [0.15, 0.2) is 17.5 Å². The van der Waals surface area contributed by atoms with Crippen molar-refractivity contribution in [2.24, 2.45) is 0 Å². The first-order valence-electron chi connectivity index (χ1n) is 5.26. The Morgan fingerprint density at radius 2 is 1.94 bits per heavy atom. The molecule has 0 saturated heterocycles. The van der Waals surface area contributed by atoms with Crippen LogP contribution >= 0.6 is 12.2 Å². The van der Waals surface area contributed by atoms with E-state index in [-0.39, 0.29) is 5.56 Å². The SMILES string of the molecule is CCc1c(-c2ccc(F)c(F)c2F)[nH]cnc1=S. The summed E-state index contributed by atoms with van der Waals surface area (Å²) in [7, 11) is 0. The van der Waals surface area contributed by atoms with Gasteiger partial charge in [0.1, 0.15) is 4.64 Å². The molecule has 0 saturated carbocycles. The highest BCUT2D eigenvalue weighted by Gasteiger charge is 2.17. The van der Waals surface area contributed by atoms with Crippen molar-refractivity contribution in [1.29, 1.82) is 0 Å². The maximum absolute atomic E-state index is 13.7. The van der Waals surface area contributed by atoms with E-state index in [4.69, 9.17) is 12.2 Å². The van der Waals surface area contributed by atoms with Gasteiger partial charge in [-0.05, 0) is 18.6 Å². The zero-order valence-corrected chi connectivity index (χ0v) is 10.2. The van der Waals surface area contributed by atoms with Gasteiger partial charge in [-0.15, -0.1) is 0 Å². The number of benzene rings is 1. The smallest absolute Gasteiger partial charge is 0.195 e. The summed E-state index contributed by atoms with van der Waals surface area (Å²) in [6.07, 6.45) is 1.81.